The molecule has 8 nitrogen and oxygen atoms in total. The van der Waals surface area contributed by atoms with Crippen molar-refractivity contribution in [1.29, 1.82) is 0 Å². The van der Waals surface area contributed by atoms with Gasteiger partial charge in [0.2, 0.25) is 0 Å². The molecule has 0 atom stereocenters. The van der Waals surface area contributed by atoms with Crippen LogP contribution in [0.1, 0.15) is 31.8 Å². The van der Waals surface area contributed by atoms with Crippen LogP contribution in [0.5, 0.6) is 5.75 Å². The molecular weight excluding hydrogens is 562 g/mol. The Bertz CT molecular complexity index is 1830. The Morgan fingerprint density at radius 3 is 1.98 bits per heavy atom. The fourth-order valence-electron chi connectivity index (χ4n) is 4.24. The molecule has 0 fully saturated rings. The van der Waals surface area contributed by atoms with Gasteiger partial charge in [0.1, 0.15) is 5.75 Å². The van der Waals surface area contributed by atoms with Crippen molar-refractivity contribution >= 4 is 33.8 Å². The number of rotatable bonds is 10. The second kappa shape index (κ2) is 13.4. The van der Waals surface area contributed by atoms with Gasteiger partial charge in [-0.05, 0) is 71.8 Å². The van der Waals surface area contributed by atoms with Gasteiger partial charge >= 0.3 is 5.97 Å². The highest BCUT2D eigenvalue weighted by atomic mass is 32.2. The van der Waals surface area contributed by atoms with Gasteiger partial charge in [-0.25, -0.2) is 18.6 Å². The van der Waals surface area contributed by atoms with E-state index in [1.807, 2.05) is 36.4 Å². The molecule has 0 unspecified atom stereocenters. The summed E-state index contributed by atoms with van der Waals surface area (Å²) < 4.78 is 34.3. The van der Waals surface area contributed by atoms with Crippen molar-refractivity contribution in [2.45, 2.75) is 11.4 Å². The fraction of sp³-hybridized carbons (Fsp3) is 0.0294. The van der Waals surface area contributed by atoms with Crippen molar-refractivity contribution in [3.8, 4) is 5.75 Å². The summed E-state index contributed by atoms with van der Waals surface area (Å²) in [5, 5.41) is 4.06. The Labute approximate surface area is 249 Å². The molecule has 0 aliphatic carbocycles. The first-order chi connectivity index (χ1) is 20.9. The molecule has 43 heavy (non-hydrogen) atoms. The Morgan fingerprint density at radius 2 is 1.30 bits per heavy atom. The van der Waals surface area contributed by atoms with Gasteiger partial charge in [0, 0.05) is 0 Å². The molecular formula is C34H27N3O5S. The zero-order valence-corrected chi connectivity index (χ0v) is 23.7. The molecule has 0 aliphatic heterocycles. The molecule has 0 saturated carbocycles. The van der Waals surface area contributed by atoms with E-state index in [1.54, 1.807) is 91.0 Å². The predicted octanol–water partition coefficient (Wildman–Crippen LogP) is 6.07. The van der Waals surface area contributed by atoms with E-state index in [1.165, 1.54) is 22.7 Å². The predicted molar refractivity (Wildman–Crippen MR) is 166 cm³/mol. The lowest BCUT2D eigenvalue weighted by Crippen LogP contribution is -2.33. The average molecular weight is 590 g/mol. The van der Waals surface area contributed by atoms with E-state index in [0.717, 1.165) is 5.56 Å². The minimum Gasteiger partial charge on any atom is -0.423 e. The van der Waals surface area contributed by atoms with Gasteiger partial charge in [0.05, 0.1) is 34.5 Å². The van der Waals surface area contributed by atoms with Crippen LogP contribution in [0.4, 0.5) is 5.69 Å². The van der Waals surface area contributed by atoms with Gasteiger partial charge in [0.25, 0.3) is 15.9 Å². The maximum atomic E-state index is 13.8. The van der Waals surface area contributed by atoms with Crippen LogP contribution in [0.15, 0.2) is 150 Å². The molecule has 1 N–H and O–H groups in total. The molecule has 0 heterocycles. The summed E-state index contributed by atoms with van der Waals surface area (Å²) in [5.74, 6) is -0.688. The number of hydrogen-bond donors (Lipinski definition) is 1. The quantitative estimate of drug-likeness (QED) is 0.0922. The fourth-order valence-corrected chi connectivity index (χ4v) is 5.73. The Hall–Kier alpha value is -5.54. The number of para-hydroxylation sites is 1. The number of amides is 1. The average Bonchev–Trinajstić information content (AvgIpc) is 3.05. The second-order valence-corrected chi connectivity index (χ2v) is 11.2. The number of anilines is 1. The Kier molecular flexibility index (Phi) is 9.04. The van der Waals surface area contributed by atoms with E-state index < -0.39 is 21.9 Å². The summed E-state index contributed by atoms with van der Waals surface area (Å²) in [4.78, 5) is 25.7. The molecule has 0 bridgehead atoms. The minimum atomic E-state index is -4.02. The first kappa shape index (κ1) is 29.0. The van der Waals surface area contributed by atoms with Gasteiger partial charge in [0.15, 0.2) is 0 Å². The Balaban J connectivity index is 1.33. The number of esters is 1. The van der Waals surface area contributed by atoms with Gasteiger partial charge in [-0.3, -0.25) is 9.10 Å². The molecule has 1 amide bonds. The monoisotopic (exact) mass is 589 g/mol. The van der Waals surface area contributed by atoms with Gasteiger partial charge in [-0.1, -0.05) is 78.9 Å². The lowest BCUT2D eigenvalue weighted by atomic mass is 10.1. The molecule has 214 valence electrons. The second-order valence-electron chi connectivity index (χ2n) is 9.35. The molecule has 5 aromatic carbocycles. The van der Waals surface area contributed by atoms with Crippen molar-refractivity contribution in [3.63, 3.8) is 0 Å². The van der Waals surface area contributed by atoms with Gasteiger partial charge in [-0.2, -0.15) is 5.10 Å². The van der Waals surface area contributed by atoms with Crippen LogP contribution in [0.25, 0.3) is 0 Å². The first-order valence-electron chi connectivity index (χ1n) is 13.3. The number of ether oxygens (including phenoxy) is 1. The van der Waals surface area contributed by atoms with Crippen LogP contribution in [-0.2, 0) is 16.6 Å². The number of hydrogen-bond acceptors (Lipinski definition) is 6. The molecule has 0 aromatic heterocycles. The highest BCUT2D eigenvalue weighted by molar-refractivity contribution is 7.92. The standard InChI is InChI=1S/C34H27N3O5S/c38-33(36-35-24-26-20-22-29(23-21-26)42-34(39)28-14-6-2-7-15-28)31-18-10-11-19-32(31)37(25-27-12-4-1-5-13-27)43(40,41)30-16-8-3-9-17-30/h1-24H,25H2,(H,36,38)/b35-24+. The zero-order valence-electron chi connectivity index (χ0n) is 22.9. The summed E-state index contributed by atoms with van der Waals surface area (Å²) in [6.45, 7) is 0.0207. The van der Waals surface area contributed by atoms with Crippen LogP contribution in [-0.4, -0.2) is 26.5 Å². The van der Waals surface area contributed by atoms with Crippen LogP contribution in [0.2, 0.25) is 0 Å². The third-order valence-electron chi connectivity index (χ3n) is 6.40. The molecule has 0 spiro atoms. The highest BCUT2D eigenvalue weighted by Gasteiger charge is 2.28. The van der Waals surface area contributed by atoms with E-state index in [4.69, 9.17) is 4.74 Å². The molecule has 5 rings (SSSR count). The highest BCUT2D eigenvalue weighted by Crippen LogP contribution is 2.29. The maximum Gasteiger partial charge on any atom is 0.343 e. The topological polar surface area (TPSA) is 105 Å². The largest absolute Gasteiger partial charge is 0.423 e. The van der Waals surface area contributed by atoms with E-state index in [2.05, 4.69) is 10.5 Å². The van der Waals surface area contributed by atoms with Crippen molar-refractivity contribution in [2.24, 2.45) is 5.10 Å². The third kappa shape index (κ3) is 7.22. The van der Waals surface area contributed by atoms with Gasteiger partial charge < -0.3 is 4.74 Å². The molecule has 0 radical (unpaired) electrons. The molecule has 9 heteroatoms. The number of benzene rings is 5. The lowest BCUT2D eigenvalue weighted by Gasteiger charge is -2.26. The third-order valence-corrected chi connectivity index (χ3v) is 8.17. The van der Waals surface area contributed by atoms with Crippen molar-refractivity contribution in [3.05, 3.63) is 162 Å². The van der Waals surface area contributed by atoms with Crippen molar-refractivity contribution in [2.75, 3.05) is 4.31 Å². The van der Waals surface area contributed by atoms with Crippen molar-refractivity contribution < 1.29 is 22.7 Å². The van der Waals surface area contributed by atoms with E-state index in [-0.39, 0.29) is 22.7 Å². The number of sulfonamides is 1. The minimum absolute atomic E-state index is 0.0207. The number of hydrazone groups is 1. The summed E-state index contributed by atoms with van der Waals surface area (Å²) in [6, 6.07) is 39.0. The summed E-state index contributed by atoms with van der Waals surface area (Å²) >= 11 is 0. The smallest absolute Gasteiger partial charge is 0.343 e. The lowest BCUT2D eigenvalue weighted by molar-refractivity contribution is 0.0734. The first-order valence-corrected chi connectivity index (χ1v) is 14.8. The summed E-state index contributed by atoms with van der Waals surface area (Å²) in [5.41, 5.74) is 4.68. The molecule has 0 saturated heterocycles. The number of carbonyl (C=O) groups excluding carboxylic acids is 2. The van der Waals surface area contributed by atoms with E-state index >= 15 is 0 Å². The van der Waals surface area contributed by atoms with Gasteiger partial charge in [-0.15, -0.1) is 0 Å². The van der Waals surface area contributed by atoms with Crippen LogP contribution >= 0.6 is 0 Å². The number of carbonyl (C=O) groups is 2. The number of nitrogens with zero attached hydrogens (tertiary/aromatic N) is 2. The number of nitrogens with one attached hydrogen (secondary N) is 1. The van der Waals surface area contributed by atoms with Crippen molar-refractivity contribution in [1.82, 2.24) is 5.43 Å². The zero-order chi connectivity index (χ0) is 30.1. The van der Waals surface area contributed by atoms with E-state index in [9.17, 15) is 18.0 Å². The summed E-state index contributed by atoms with van der Waals surface area (Å²) in [6.07, 6.45) is 1.44. The summed E-state index contributed by atoms with van der Waals surface area (Å²) in [7, 11) is -4.02. The van der Waals surface area contributed by atoms with E-state index in [0.29, 0.717) is 16.9 Å². The van der Waals surface area contributed by atoms with Crippen LogP contribution < -0.4 is 14.5 Å². The molecule has 5 aromatic rings. The SMILES string of the molecule is O=C(Oc1ccc(/C=N/NC(=O)c2ccccc2N(Cc2ccccc2)S(=O)(=O)c2ccccc2)cc1)c1ccccc1. The normalized spacial score (nSPS) is 11.2. The van der Waals surface area contributed by atoms with Crippen LogP contribution in [0, 0.1) is 0 Å². The maximum absolute atomic E-state index is 13.8. The van der Waals surface area contributed by atoms with Crippen LogP contribution in [0.3, 0.4) is 0 Å². The Morgan fingerprint density at radius 1 is 0.721 bits per heavy atom. The molecule has 0 aliphatic rings.